The van der Waals surface area contributed by atoms with Crippen molar-refractivity contribution in [3.8, 4) is 11.8 Å². The van der Waals surface area contributed by atoms with E-state index < -0.39 is 0 Å². The molecule has 26 heavy (non-hydrogen) atoms. The first kappa shape index (κ1) is 17.2. The van der Waals surface area contributed by atoms with Gasteiger partial charge in [-0.1, -0.05) is 60.4 Å². The molecule has 1 atom stereocenters. The number of benzene rings is 2. The van der Waals surface area contributed by atoms with Crippen LogP contribution in [0.4, 0.5) is 0 Å². The number of hydrogen-bond donors (Lipinski definition) is 0. The van der Waals surface area contributed by atoms with Crippen LogP contribution in [0.25, 0.3) is 5.57 Å². The molecular weight excluding hydrogens is 312 g/mol. The fourth-order valence-corrected chi connectivity index (χ4v) is 4.74. The molecule has 2 aromatic rings. The van der Waals surface area contributed by atoms with Crippen molar-refractivity contribution in [2.45, 2.75) is 52.9 Å². The Balaban J connectivity index is 1.82. The molecule has 1 unspecified atom stereocenters. The molecular formula is C26H28. The van der Waals surface area contributed by atoms with Gasteiger partial charge in [0.1, 0.15) is 0 Å². The van der Waals surface area contributed by atoms with Crippen LogP contribution in [0.2, 0.25) is 0 Å². The van der Waals surface area contributed by atoms with E-state index in [4.69, 9.17) is 0 Å². The van der Waals surface area contributed by atoms with Crippen LogP contribution in [0.15, 0.2) is 54.1 Å². The lowest BCUT2D eigenvalue weighted by Crippen LogP contribution is -2.17. The lowest BCUT2D eigenvalue weighted by atomic mass is 9.73. The zero-order valence-corrected chi connectivity index (χ0v) is 16.2. The highest BCUT2D eigenvalue weighted by Gasteiger charge is 2.46. The molecule has 0 nitrogen and oxygen atoms in total. The summed E-state index contributed by atoms with van der Waals surface area (Å²) >= 11 is 0. The van der Waals surface area contributed by atoms with E-state index in [9.17, 15) is 0 Å². The number of allylic oxidation sites excluding steroid dienone is 1. The van der Waals surface area contributed by atoms with Gasteiger partial charge in [-0.25, -0.2) is 0 Å². The molecule has 0 bridgehead atoms. The van der Waals surface area contributed by atoms with Crippen molar-refractivity contribution in [2.24, 2.45) is 11.3 Å². The third kappa shape index (κ3) is 3.49. The fraction of sp³-hybridized carbons (Fsp3) is 0.385. The molecule has 0 heterocycles. The average molecular weight is 341 g/mol. The zero-order valence-electron chi connectivity index (χ0n) is 16.2. The molecule has 0 saturated heterocycles. The summed E-state index contributed by atoms with van der Waals surface area (Å²) in [6.45, 7) is 6.49. The maximum atomic E-state index is 3.16. The van der Waals surface area contributed by atoms with E-state index in [0.717, 1.165) is 11.5 Å². The topological polar surface area (TPSA) is 0 Å². The highest BCUT2D eigenvalue weighted by atomic mass is 14.5. The summed E-state index contributed by atoms with van der Waals surface area (Å²) in [7, 11) is 0. The molecule has 0 N–H and O–H groups in total. The zero-order chi connectivity index (χ0) is 18.1. The molecule has 2 aliphatic carbocycles. The van der Waals surface area contributed by atoms with Crippen molar-refractivity contribution in [3.63, 3.8) is 0 Å². The molecule has 2 aromatic carbocycles. The Kier molecular flexibility index (Phi) is 4.49. The summed E-state index contributed by atoms with van der Waals surface area (Å²) in [6, 6.07) is 17.9. The minimum atomic E-state index is 0.622. The fourth-order valence-electron chi connectivity index (χ4n) is 4.74. The summed E-state index contributed by atoms with van der Waals surface area (Å²) < 4.78 is 0. The quantitative estimate of drug-likeness (QED) is 0.529. The first-order chi connectivity index (χ1) is 12.6. The van der Waals surface area contributed by atoms with Crippen LogP contribution in [0.1, 0.15) is 68.2 Å². The van der Waals surface area contributed by atoms with Crippen LogP contribution in [-0.2, 0) is 0 Å². The van der Waals surface area contributed by atoms with E-state index in [1.165, 1.54) is 54.4 Å². The summed E-state index contributed by atoms with van der Waals surface area (Å²) in [5.74, 6) is 6.96. The molecule has 2 fully saturated rings. The van der Waals surface area contributed by atoms with Gasteiger partial charge in [0.2, 0.25) is 0 Å². The van der Waals surface area contributed by atoms with Gasteiger partial charge in [-0.3, -0.25) is 0 Å². The summed E-state index contributed by atoms with van der Waals surface area (Å²) in [5.41, 5.74) is 8.89. The molecule has 2 saturated carbocycles. The van der Waals surface area contributed by atoms with E-state index in [1.807, 2.05) is 6.92 Å². The van der Waals surface area contributed by atoms with Gasteiger partial charge in [0, 0.05) is 5.56 Å². The third-order valence-electron chi connectivity index (χ3n) is 6.06. The van der Waals surface area contributed by atoms with Crippen molar-refractivity contribution >= 4 is 5.57 Å². The van der Waals surface area contributed by atoms with E-state index in [-0.39, 0.29) is 0 Å². The second-order valence-corrected chi connectivity index (χ2v) is 8.49. The van der Waals surface area contributed by atoms with E-state index in [2.05, 4.69) is 74.2 Å². The largest absolute Gasteiger partial charge is 0.101 e. The van der Waals surface area contributed by atoms with Gasteiger partial charge in [0.05, 0.1) is 0 Å². The molecule has 0 aliphatic heterocycles. The highest BCUT2D eigenvalue weighted by molar-refractivity contribution is 5.82. The van der Waals surface area contributed by atoms with Crippen LogP contribution in [-0.4, -0.2) is 0 Å². The van der Waals surface area contributed by atoms with Gasteiger partial charge in [0.15, 0.2) is 0 Å². The van der Waals surface area contributed by atoms with Crippen LogP contribution in [0.3, 0.4) is 0 Å². The standard InChI is InChI=1S/C26H28/c1-4-5-21-8-12-23(13-9-21)25(22-10-6-19(2)7-11-22)24-16-20(3)17-26(18-24)14-15-26/h6-13,20H,14-18H2,1-3H3/b25-24+. The van der Waals surface area contributed by atoms with Crippen molar-refractivity contribution in [2.75, 3.05) is 0 Å². The van der Waals surface area contributed by atoms with Gasteiger partial charge in [0.25, 0.3) is 0 Å². The Morgan fingerprint density at radius 3 is 2.15 bits per heavy atom. The summed E-state index contributed by atoms with van der Waals surface area (Å²) in [5, 5.41) is 0. The summed E-state index contributed by atoms with van der Waals surface area (Å²) in [6.07, 6.45) is 6.79. The van der Waals surface area contributed by atoms with Crippen LogP contribution >= 0.6 is 0 Å². The average Bonchev–Trinajstić information content (AvgIpc) is 3.36. The molecule has 0 aromatic heterocycles. The van der Waals surface area contributed by atoms with Gasteiger partial charge >= 0.3 is 0 Å². The number of aryl methyl sites for hydroxylation is 1. The smallest absolute Gasteiger partial charge is 0.0245 e. The SMILES string of the molecule is CC#Cc1ccc(/C(=C2\CC(C)CC3(CC3)C2)c2ccc(C)cc2)cc1. The Labute approximate surface area is 158 Å². The van der Waals surface area contributed by atoms with E-state index in [0.29, 0.717) is 5.41 Å². The predicted octanol–water partition coefficient (Wildman–Crippen LogP) is 6.77. The van der Waals surface area contributed by atoms with Gasteiger partial charge in [-0.2, -0.15) is 0 Å². The molecule has 0 amide bonds. The third-order valence-corrected chi connectivity index (χ3v) is 6.06. The second-order valence-electron chi connectivity index (χ2n) is 8.49. The lowest BCUT2D eigenvalue weighted by Gasteiger charge is -2.31. The molecule has 4 rings (SSSR count). The highest BCUT2D eigenvalue weighted by Crippen LogP contribution is 2.60. The minimum absolute atomic E-state index is 0.622. The van der Waals surface area contributed by atoms with E-state index >= 15 is 0 Å². The Morgan fingerprint density at radius 1 is 0.962 bits per heavy atom. The predicted molar refractivity (Wildman–Crippen MR) is 111 cm³/mol. The molecule has 0 radical (unpaired) electrons. The van der Waals surface area contributed by atoms with Gasteiger partial charge in [-0.05, 0) is 86.1 Å². The Bertz CT molecular complexity index is 878. The van der Waals surface area contributed by atoms with Crippen LogP contribution in [0.5, 0.6) is 0 Å². The number of hydrogen-bond acceptors (Lipinski definition) is 0. The maximum Gasteiger partial charge on any atom is 0.0245 e. The first-order valence-corrected chi connectivity index (χ1v) is 9.91. The van der Waals surface area contributed by atoms with Crippen molar-refractivity contribution in [3.05, 3.63) is 76.4 Å². The molecule has 2 aliphatic rings. The minimum Gasteiger partial charge on any atom is -0.101 e. The Morgan fingerprint density at radius 2 is 1.58 bits per heavy atom. The summed E-state index contributed by atoms with van der Waals surface area (Å²) in [4.78, 5) is 0. The first-order valence-electron chi connectivity index (χ1n) is 9.91. The number of rotatable bonds is 2. The van der Waals surface area contributed by atoms with Gasteiger partial charge < -0.3 is 0 Å². The lowest BCUT2D eigenvalue weighted by molar-refractivity contribution is 0.317. The molecule has 1 spiro atoms. The monoisotopic (exact) mass is 340 g/mol. The van der Waals surface area contributed by atoms with Gasteiger partial charge in [-0.15, -0.1) is 5.92 Å². The molecule has 132 valence electrons. The Hall–Kier alpha value is -2.26. The van der Waals surface area contributed by atoms with Crippen molar-refractivity contribution in [1.82, 2.24) is 0 Å². The second kappa shape index (κ2) is 6.81. The van der Waals surface area contributed by atoms with E-state index in [1.54, 1.807) is 5.57 Å². The van der Waals surface area contributed by atoms with Crippen LogP contribution in [0, 0.1) is 30.1 Å². The maximum absolute atomic E-state index is 3.16. The van der Waals surface area contributed by atoms with Crippen LogP contribution < -0.4 is 0 Å². The van der Waals surface area contributed by atoms with Crippen molar-refractivity contribution < 1.29 is 0 Å². The normalized spacial score (nSPS) is 22.5. The molecule has 0 heteroatoms. The van der Waals surface area contributed by atoms with Crippen molar-refractivity contribution in [1.29, 1.82) is 0 Å².